The van der Waals surface area contributed by atoms with Gasteiger partial charge in [0.25, 0.3) is 0 Å². The first kappa shape index (κ1) is 30.3. The van der Waals surface area contributed by atoms with E-state index in [0.717, 1.165) is 78.9 Å². The van der Waals surface area contributed by atoms with Crippen molar-refractivity contribution in [3.8, 4) is 6.07 Å². The van der Waals surface area contributed by atoms with Crippen LogP contribution in [0.25, 0.3) is 21.1 Å². The summed E-state index contributed by atoms with van der Waals surface area (Å²) >= 11 is 1.74. The molecule has 1 aromatic carbocycles. The van der Waals surface area contributed by atoms with Gasteiger partial charge in [-0.3, -0.25) is 14.6 Å². The van der Waals surface area contributed by atoms with Crippen LogP contribution >= 0.6 is 11.3 Å². The van der Waals surface area contributed by atoms with Crippen LogP contribution in [0.4, 0.5) is 11.8 Å². The monoisotopic (exact) mass is 615 g/mol. The van der Waals surface area contributed by atoms with E-state index in [0.29, 0.717) is 37.4 Å². The number of likely N-dealkylation sites (tertiary alicyclic amines) is 1. The third kappa shape index (κ3) is 6.23. The zero-order valence-electron chi connectivity index (χ0n) is 25.7. The minimum absolute atomic E-state index is 0.361. The lowest BCUT2D eigenvalue weighted by Gasteiger charge is -2.33. The molecule has 2 saturated heterocycles. The number of nitrogens with one attached hydrogen (secondary N) is 2. The summed E-state index contributed by atoms with van der Waals surface area (Å²) in [5.41, 5.74) is 9.71. The van der Waals surface area contributed by atoms with Crippen molar-refractivity contribution in [3.05, 3.63) is 46.0 Å². The third-order valence-electron chi connectivity index (χ3n) is 9.03. The quantitative estimate of drug-likeness (QED) is 0.244. The van der Waals surface area contributed by atoms with Crippen molar-refractivity contribution in [1.82, 2.24) is 24.3 Å². The summed E-state index contributed by atoms with van der Waals surface area (Å²) in [7, 11) is 1.86. The number of piperidine rings is 1. The fourth-order valence-corrected chi connectivity index (χ4v) is 7.35. The van der Waals surface area contributed by atoms with Gasteiger partial charge in [-0.2, -0.15) is 10.2 Å². The molecule has 44 heavy (non-hydrogen) atoms. The Labute approximate surface area is 262 Å². The average molecular weight is 616 g/mol. The molecule has 6 rings (SSSR count). The number of anilines is 2. The summed E-state index contributed by atoms with van der Waals surface area (Å²) in [4.78, 5) is 28.1. The molecule has 12 heteroatoms. The normalized spacial score (nSPS) is 18.5. The molecule has 1 amide bonds. The number of nitrogens with two attached hydrogens (primary N) is 1. The lowest BCUT2D eigenvalue weighted by atomic mass is 10.0. The average Bonchev–Trinajstić information content (AvgIpc) is 3.64. The number of hydrogen-bond donors (Lipinski definition) is 3. The van der Waals surface area contributed by atoms with E-state index in [4.69, 9.17) is 15.5 Å². The lowest BCUT2D eigenvalue weighted by molar-refractivity contribution is -0.135. The highest BCUT2D eigenvalue weighted by Gasteiger charge is 2.25. The number of benzene rings is 1. The van der Waals surface area contributed by atoms with E-state index < -0.39 is 12.0 Å². The first-order chi connectivity index (χ1) is 21.4. The third-order valence-corrected chi connectivity index (χ3v) is 10.2. The molecule has 2 fully saturated rings. The van der Waals surface area contributed by atoms with Crippen LogP contribution in [-0.2, 0) is 29.0 Å². The van der Waals surface area contributed by atoms with Gasteiger partial charge in [0.1, 0.15) is 28.5 Å². The van der Waals surface area contributed by atoms with Crippen LogP contribution < -0.4 is 16.4 Å². The Kier molecular flexibility index (Phi) is 9.00. The maximum absolute atomic E-state index is 11.6. The number of amides is 1. The Morgan fingerprint density at radius 1 is 1.16 bits per heavy atom. The highest BCUT2D eigenvalue weighted by atomic mass is 32.1. The molecular formula is C32H41N9O2S. The van der Waals surface area contributed by atoms with Crippen LogP contribution in [0.1, 0.15) is 41.5 Å². The van der Waals surface area contributed by atoms with Gasteiger partial charge in [0.05, 0.1) is 12.0 Å². The lowest BCUT2D eigenvalue weighted by Crippen LogP contribution is -2.49. The number of primary amides is 1. The molecule has 1 atom stereocenters. The second-order valence-electron chi connectivity index (χ2n) is 11.8. The standard InChI is InChI=1S/C32H41N9O2S/c1-4-24-16-26-30(37-32(35-3)38-31(26)44-24)36-22-7-9-39(10-8-22)18-21-5-6-27-25(20(21)2)15-23(17-33)41(27)12-11-40-13-14-43-28(19-40)29(34)42/h5-6,15-16,22,28H,4,7-14,18-19H2,1-3H3,(H2,34,42)(H2,35,36,37,38). The molecule has 5 heterocycles. The maximum atomic E-state index is 11.6. The number of thiophene rings is 1. The molecular weight excluding hydrogens is 574 g/mol. The summed E-state index contributed by atoms with van der Waals surface area (Å²) in [5.74, 6) is 1.15. The largest absolute Gasteiger partial charge is 0.367 e. The molecule has 2 aliphatic rings. The Morgan fingerprint density at radius 3 is 2.70 bits per heavy atom. The van der Waals surface area contributed by atoms with Gasteiger partial charge in [-0.25, -0.2) is 4.98 Å². The van der Waals surface area contributed by atoms with Gasteiger partial charge in [0.15, 0.2) is 0 Å². The molecule has 3 aromatic heterocycles. The van der Waals surface area contributed by atoms with Crippen molar-refractivity contribution < 1.29 is 9.53 Å². The molecule has 0 bridgehead atoms. The maximum Gasteiger partial charge on any atom is 0.247 e. The van der Waals surface area contributed by atoms with Gasteiger partial charge in [0.2, 0.25) is 11.9 Å². The minimum Gasteiger partial charge on any atom is -0.367 e. The molecule has 1 unspecified atom stereocenters. The number of carbonyl (C=O) groups is 1. The number of nitriles is 1. The Balaban J connectivity index is 1.10. The Bertz CT molecular complexity index is 1700. The number of carbonyl (C=O) groups excluding carboxylic acids is 1. The fraction of sp³-hybridized carbons (Fsp3) is 0.500. The van der Waals surface area contributed by atoms with Crippen LogP contribution in [-0.4, -0.2) is 88.8 Å². The van der Waals surface area contributed by atoms with E-state index in [2.05, 4.69) is 68.1 Å². The molecule has 4 N–H and O–H groups in total. The zero-order valence-corrected chi connectivity index (χ0v) is 26.5. The summed E-state index contributed by atoms with van der Waals surface area (Å²) in [6.07, 6.45) is 2.50. The Morgan fingerprint density at radius 2 is 1.98 bits per heavy atom. The van der Waals surface area contributed by atoms with Gasteiger partial charge >= 0.3 is 0 Å². The number of aryl methyl sites for hydroxylation is 2. The molecule has 2 aliphatic heterocycles. The number of rotatable bonds is 10. The van der Waals surface area contributed by atoms with Gasteiger partial charge in [-0.05, 0) is 55.5 Å². The first-order valence-electron chi connectivity index (χ1n) is 15.5. The Hall–Kier alpha value is -3.76. The van der Waals surface area contributed by atoms with Gasteiger partial charge in [0, 0.05) is 74.7 Å². The molecule has 11 nitrogen and oxygen atoms in total. The summed E-state index contributed by atoms with van der Waals surface area (Å²) in [6.45, 7) is 10.3. The molecule has 0 saturated carbocycles. The highest BCUT2D eigenvalue weighted by molar-refractivity contribution is 7.18. The number of aromatic nitrogens is 3. The van der Waals surface area contributed by atoms with Crippen molar-refractivity contribution in [3.63, 3.8) is 0 Å². The molecule has 232 valence electrons. The highest BCUT2D eigenvalue weighted by Crippen LogP contribution is 2.32. The van der Waals surface area contributed by atoms with Gasteiger partial charge in [-0.1, -0.05) is 13.0 Å². The predicted molar refractivity (Wildman–Crippen MR) is 175 cm³/mol. The van der Waals surface area contributed by atoms with E-state index in [1.54, 1.807) is 11.3 Å². The number of hydrogen-bond acceptors (Lipinski definition) is 10. The predicted octanol–water partition coefficient (Wildman–Crippen LogP) is 3.69. The van der Waals surface area contributed by atoms with Crippen LogP contribution in [0, 0.1) is 18.3 Å². The second kappa shape index (κ2) is 13.1. The van der Waals surface area contributed by atoms with Crippen molar-refractivity contribution >= 4 is 50.1 Å². The van der Waals surface area contributed by atoms with E-state index >= 15 is 0 Å². The van der Waals surface area contributed by atoms with E-state index in [1.807, 2.05) is 13.1 Å². The molecule has 0 spiro atoms. The number of ether oxygens (including phenoxy) is 1. The first-order valence-corrected chi connectivity index (χ1v) is 16.3. The number of morpholine rings is 1. The second-order valence-corrected chi connectivity index (χ2v) is 12.9. The summed E-state index contributed by atoms with van der Waals surface area (Å²) < 4.78 is 7.58. The molecule has 0 radical (unpaired) electrons. The van der Waals surface area contributed by atoms with Gasteiger partial charge in [-0.15, -0.1) is 11.3 Å². The van der Waals surface area contributed by atoms with Crippen molar-refractivity contribution in [2.45, 2.75) is 58.3 Å². The van der Waals surface area contributed by atoms with E-state index in [-0.39, 0.29) is 0 Å². The zero-order chi connectivity index (χ0) is 30.8. The van der Waals surface area contributed by atoms with E-state index in [1.165, 1.54) is 16.0 Å². The number of fused-ring (bicyclic) bond motifs is 2. The van der Waals surface area contributed by atoms with Crippen LogP contribution in [0.2, 0.25) is 0 Å². The smallest absolute Gasteiger partial charge is 0.247 e. The van der Waals surface area contributed by atoms with Crippen LogP contribution in [0.5, 0.6) is 0 Å². The minimum atomic E-state index is -0.573. The fourth-order valence-electron chi connectivity index (χ4n) is 6.38. The SMILES string of the molecule is CCc1cc2c(NC3CCN(Cc4ccc5c(cc(C#N)n5CCN5CCOC(C(N)=O)C5)c4C)CC3)nc(NC)nc2s1. The summed E-state index contributed by atoms with van der Waals surface area (Å²) in [6, 6.07) is 11.4. The van der Waals surface area contributed by atoms with E-state index in [9.17, 15) is 10.1 Å². The van der Waals surface area contributed by atoms with Crippen LogP contribution in [0.3, 0.4) is 0 Å². The molecule has 0 aliphatic carbocycles. The summed E-state index contributed by atoms with van der Waals surface area (Å²) in [5, 5.41) is 19.0. The van der Waals surface area contributed by atoms with Crippen molar-refractivity contribution in [2.24, 2.45) is 5.73 Å². The van der Waals surface area contributed by atoms with Crippen molar-refractivity contribution in [1.29, 1.82) is 5.26 Å². The van der Waals surface area contributed by atoms with Crippen LogP contribution in [0.15, 0.2) is 24.3 Å². The number of nitrogens with zero attached hydrogens (tertiary/aromatic N) is 6. The topological polar surface area (TPSA) is 137 Å². The van der Waals surface area contributed by atoms with Gasteiger partial charge < -0.3 is 25.7 Å². The van der Waals surface area contributed by atoms with Crippen molar-refractivity contribution in [2.75, 3.05) is 57.0 Å². The molecule has 4 aromatic rings.